The molecule has 0 saturated carbocycles. The van der Waals surface area contributed by atoms with Crippen LogP contribution in [0.4, 0.5) is 0 Å². The molecule has 0 amide bonds. The fourth-order valence-corrected chi connectivity index (χ4v) is 7.26. The highest BCUT2D eigenvalue weighted by Gasteiger charge is 2.21. The van der Waals surface area contributed by atoms with Gasteiger partial charge in [-0.25, -0.2) is 9.98 Å². The lowest BCUT2D eigenvalue weighted by molar-refractivity contribution is 0.670. The number of fused-ring (bicyclic) bond motifs is 5. The Bertz CT molecular complexity index is 2960. The third kappa shape index (κ3) is 5.25. The van der Waals surface area contributed by atoms with Crippen LogP contribution in [0.15, 0.2) is 202 Å². The van der Waals surface area contributed by atoms with E-state index in [2.05, 4.69) is 157 Å². The van der Waals surface area contributed by atoms with E-state index >= 15 is 0 Å². The fraction of sp³-hybridized carbons (Fsp3) is 0. The van der Waals surface area contributed by atoms with Crippen molar-refractivity contribution in [2.45, 2.75) is 0 Å². The van der Waals surface area contributed by atoms with Gasteiger partial charge in [-0.1, -0.05) is 157 Å². The van der Waals surface area contributed by atoms with Crippen molar-refractivity contribution in [1.82, 2.24) is 0 Å². The van der Waals surface area contributed by atoms with Crippen molar-refractivity contribution >= 4 is 60.7 Å². The van der Waals surface area contributed by atoms with Crippen molar-refractivity contribution in [3.63, 3.8) is 0 Å². The molecule has 0 aliphatic carbocycles. The average Bonchev–Trinajstić information content (AvgIpc) is 3.43. The first-order valence-electron chi connectivity index (χ1n) is 17.5. The van der Waals surface area contributed by atoms with Gasteiger partial charge in [0.15, 0.2) is 5.84 Å². The van der Waals surface area contributed by atoms with Crippen molar-refractivity contribution in [3.8, 4) is 22.3 Å². The predicted octanol–water partition coefficient (Wildman–Crippen LogP) is 12.7. The third-order valence-corrected chi connectivity index (χ3v) is 9.91. The smallest absolute Gasteiger partial charge is 0.161 e. The van der Waals surface area contributed by atoms with Crippen molar-refractivity contribution in [1.29, 1.82) is 0 Å². The molecule has 3 nitrogen and oxygen atoms in total. The van der Waals surface area contributed by atoms with E-state index < -0.39 is 0 Å². The molecule has 3 heteroatoms. The van der Waals surface area contributed by atoms with Crippen LogP contribution in [0.1, 0.15) is 16.7 Å². The quantitative estimate of drug-likeness (QED) is 0.169. The van der Waals surface area contributed by atoms with E-state index in [0.29, 0.717) is 11.5 Å². The molecule has 0 atom stereocenters. The summed E-state index contributed by atoms with van der Waals surface area (Å²) in [4.78, 5) is 10.5. The van der Waals surface area contributed by atoms with Crippen molar-refractivity contribution in [2.24, 2.45) is 9.98 Å². The lowest BCUT2D eigenvalue weighted by Gasteiger charge is -2.09. The highest BCUT2D eigenvalue weighted by Crippen LogP contribution is 2.42. The number of benzene rings is 8. The van der Waals surface area contributed by atoms with Gasteiger partial charge >= 0.3 is 0 Å². The normalized spacial score (nSPS) is 13.0. The van der Waals surface area contributed by atoms with Gasteiger partial charge in [0.1, 0.15) is 16.9 Å². The van der Waals surface area contributed by atoms with Crippen LogP contribution in [0.5, 0.6) is 0 Å². The first-order valence-corrected chi connectivity index (χ1v) is 17.5. The molecule has 10 rings (SSSR count). The second-order valence-electron chi connectivity index (χ2n) is 13.1. The van der Waals surface area contributed by atoms with Crippen molar-refractivity contribution < 1.29 is 4.42 Å². The molecule has 0 N–H and O–H groups in total. The van der Waals surface area contributed by atoms with Gasteiger partial charge in [0.05, 0.1) is 5.71 Å². The number of aliphatic imine (C=N–C) groups is 2. The van der Waals surface area contributed by atoms with E-state index in [9.17, 15) is 0 Å². The van der Waals surface area contributed by atoms with Crippen LogP contribution >= 0.6 is 0 Å². The summed E-state index contributed by atoms with van der Waals surface area (Å²) >= 11 is 0. The number of amidine groups is 1. The van der Waals surface area contributed by atoms with E-state index in [1.807, 2.05) is 30.3 Å². The SMILES string of the molecule is C1=CC(c2ccccc2)=NC(c2ccc(-c3ccc4ccccc4c3)cc2)=NC=1c1ccc(-c2ccccc2)c2oc3cc4ccccc4cc3c12. The Balaban J connectivity index is 1.17. The highest BCUT2D eigenvalue weighted by molar-refractivity contribution is 6.21. The van der Waals surface area contributed by atoms with Crippen LogP contribution < -0.4 is 0 Å². The van der Waals surface area contributed by atoms with Gasteiger partial charge in [-0.2, -0.15) is 0 Å². The van der Waals surface area contributed by atoms with Crippen LogP contribution in [0.2, 0.25) is 0 Å². The van der Waals surface area contributed by atoms with Crippen LogP contribution in [0.25, 0.3) is 71.4 Å². The summed E-state index contributed by atoms with van der Waals surface area (Å²) in [6.07, 6.45) is 1.96. The number of rotatable bonds is 5. The molecule has 8 aromatic carbocycles. The van der Waals surface area contributed by atoms with E-state index in [-0.39, 0.29) is 0 Å². The second kappa shape index (κ2) is 12.4. The van der Waals surface area contributed by atoms with Crippen LogP contribution in [0, 0.1) is 0 Å². The standard InChI is InChI=1S/C49H30N2O/c1-3-12-34(13-4-1)41-25-26-42(47-43-30-38-17-9-10-18-39(38)31-46(43)52-48(41)47)45-28-27-44(35-14-5-2-6-15-35)50-49(51-45)36-22-19-33(20-23-36)40-24-21-32-11-7-8-16-37(32)29-40/h1-27,29-31H. The molecular weight excluding hydrogens is 633 g/mol. The molecule has 2 heterocycles. The molecule has 0 unspecified atom stereocenters. The fourth-order valence-electron chi connectivity index (χ4n) is 7.26. The van der Waals surface area contributed by atoms with Gasteiger partial charge in [0.2, 0.25) is 0 Å². The molecule has 52 heavy (non-hydrogen) atoms. The number of nitrogens with zero attached hydrogens (tertiary/aromatic N) is 2. The largest absolute Gasteiger partial charge is 0.455 e. The molecule has 1 aliphatic rings. The summed E-state index contributed by atoms with van der Waals surface area (Å²) in [5.41, 5.74) is 14.0. The zero-order chi connectivity index (χ0) is 34.4. The Morgan fingerprint density at radius 2 is 1.02 bits per heavy atom. The molecule has 0 saturated heterocycles. The van der Waals surface area contributed by atoms with E-state index in [1.165, 1.54) is 16.3 Å². The summed E-state index contributed by atoms with van der Waals surface area (Å²) in [7, 11) is 0. The number of hydrogen-bond donors (Lipinski definition) is 0. The lowest BCUT2D eigenvalue weighted by atomic mass is 9.96. The maximum absolute atomic E-state index is 6.76. The van der Waals surface area contributed by atoms with Gasteiger partial charge in [-0.15, -0.1) is 0 Å². The molecule has 242 valence electrons. The van der Waals surface area contributed by atoms with E-state index in [0.717, 1.165) is 71.8 Å². The van der Waals surface area contributed by atoms with Crippen molar-refractivity contribution in [2.75, 3.05) is 0 Å². The first-order chi connectivity index (χ1) is 25.7. The Labute approximate surface area is 300 Å². The summed E-state index contributed by atoms with van der Waals surface area (Å²) in [5, 5.41) is 6.80. The monoisotopic (exact) mass is 662 g/mol. The van der Waals surface area contributed by atoms with E-state index in [1.54, 1.807) is 0 Å². The summed E-state index contributed by atoms with van der Waals surface area (Å²) in [6, 6.07) is 61.3. The minimum absolute atomic E-state index is 0.624. The van der Waals surface area contributed by atoms with Gasteiger partial charge in [-0.3, -0.25) is 0 Å². The zero-order valence-electron chi connectivity index (χ0n) is 28.1. The van der Waals surface area contributed by atoms with Gasteiger partial charge in [-0.05, 0) is 62.5 Å². The molecule has 1 aromatic heterocycles. The molecule has 9 aromatic rings. The third-order valence-electron chi connectivity index (χ3n) is 9.91. The zero-order valence-corrected chi connectivity index (χ0v) is 28.1. The number of furan rings is 1. The summed E-state index contributed by atoms with van der Waals surface area (Å²) in [6.45, 7) is 0. The lowest BCUT2D eigenvalue weighted by Crippen LogP contribution is -2.04. The minimum Gasteiger partial charge on any atom is -0.455 e. The van der Waals surface area contributed by atoms with Gasteiger partial charge < -0.3 is 4.42 Å². The van der Waals surface area contributed by atoms with Crippen molar-refractivity contribution in [3.05, 3.63) is 204 Å². The Kier molecular flexibility index (Phi) is 7.09. The minimum atomic E-state index is 0.624. The van der Waals surface area contributed by atoms with Gasteiger partial charge in [0.25, 0.3) is 0 Å². The highest BCUT2D eigenvalue weighted by atomic mass is 16.3. The maximum Gasteiger partial charge on any atom is 0.161 e. The van der Waals surface area contributed by atoms with Crippen LogP contribution in [0.3, 0.4) is 0 Å². The Morgan fingerprint density at radius 1 is 0.423 bits per heavy atom. The molecule has 1 aliphatic heterocycles. The Hall–Kier alpha value is -7.06. The molecular formula is C49H30N2O. The molecule has 0 spiro atoms. The van der Waals surface area contributed by atoms with Crippen LogP contribution in [-0.4, -0.2) is 11.5 Å². The maximum atomic E-state index is 6.76. The first kappa shape index (κ1) is 29.8. The molecule has 0 fully saturated rings. The number of allylic oxidation sites excluding steroid dienone is 1. The predicted molar refractivity (Wildman–Crippen MR) is 217 cm³/mol. The van der Waals surface area contributed by atoms with Gasteiger partial charge in [0, 0.05) is 39.1 Å². The summed E-state index contributed by atoms with van der Waals surface area (Å²) in [5.74, 6) is 0.624. The second-order valence-corrected chi connectivity index (χ2v) is 13.1. The molecule has 0 radical (unpaired) electrons. The summed E-state index contributed by atoms with van der Waals surface area (Å²) < 4.78 is 6.76. The Morgan fingerprint density at radius 3 is 1.77 bits per heavy atom. The van der Waals surface area contributed by atoms with Crippen LogP contribution in [-0.2, 0) is 0 Å². The van der Waals surface area contributed by atoms with E-state index in [4.69, 9.17) is 14.4 Å². The molecule has 0 bridgehead atoms. The number of hydrogen-bond acceptors (Lipinski definition) is 3. The topological polar surface area (TPSA) is 37.9 Å². The average molecular weight is 663 g/mol.